The van der Waals surface area contributed by atoms with Crippen LogP contribution in [-0.2, 0) is 21.2 Å². The van der Waals surface area contributed by atoms with Crippen molar-refractivity contribution in [2.75, 3.05) is 37.4 Å². The highest BCUT2D eigenvalue weighted by atomic mass is 32.2. The fourth-order valence-electron chi connectivity index (χ4n) is 4.93. The standard InChI is InChI=1S/C26H36N4O3S/c1-19(26(31)28-23-13-9-11-20-10-5-6-12-22(20)23)27-24-18-21(14-15-25(24)29(2)3)34(32,33)30-16-7-4-8-17-30/h5-6,10,12,14-15,18-19,23,27H,4,7-9,11,13,16-17H2,1-3H3,(H,28,31)/t19-,23-/m1/s1. The lowest BCUT2D eigenvalue weighted by Gasteiger charge is -2.29. The molecule has 0 bridgehead atoms. The fraction of sp³-hybridized carbons (Fsp3) is 0.500. The van der Waals surface area contributed by atoms with Crippen molar-refractivity contribution in [1.82, 2.24) is 9.62 Å². The molecule has 2 aliphatic rings. The van der Waals surface area contributed by atoms with E-state index in [1.807, 2.05) is 38.1 Å². The number of amides is 1. The molecule has 0 radical (unpaired) electrons. The van der Waals surface area contributed by atoms with Crippen molar-refractivity contribution >= 4 is 27.3 Å². The highest BCUT2D eigenvalue weighted by Crippen LogP contribution is 2.32. The van der Waals surface area contributed by atoms with Gasteiger partial charge in [0.05, 0.1) is 22.3 Å². The first-order chi connectivity index (χ1) is 16.3. The minimum Gasteiger partial charge on any atom is -0.376 e. The molecule has 4 rings (SSSR count). The van der Waals surface area contributed by atoms with Crippen molar-refractivity contribution < 1.29 is 13.2 Å². The number of rotatable bonds is 7. The van der Waals surface area contributed by atoms with Gasteiger partial charge in [-0.15, -0.1) is 0 Å². The summed E-state index contributed by atoms with van der Waals surface area (Å²) < 4.78 is 28.0. The minimum atomic E-state index is -3.56. The van der Waals surface area contributed by atoms with E-state index in [0.717, 1.165) is 44.2 Å². The lowest BCUT2D eigenvalue weighted by molar-refractivity contribution is -0.122. The molecule has 0 saturated carbocycles. The molecule has 2 N–H and O–H groups in total. The average Bonchev–Trinajstić information content (AvgIpc) is 2.84. The number of aryl methyl sites for hydroxylation is 1. The maximum absolute atomic E-state index is 13.2. The first-order valence-corrected chi connectivity index (χ1v) is 13.7. The van der Waals surface area contributed by atoms with Gasteiger partial charge in [-0.05, 0) is 68.4 Å². The van der Waals surface area contributed by atoms with E-state index in [4.69, 9.17) is 0 Å². The Kier molecular flexibility index (Phi) is 7.48. The average molecular weight is 485 g/mol. The van der Waals surface area contributed by atoms with Gasteiger partial charge in [0.25, 0.3) is 0 Å². The molecule has 1 saturated heterocycles. The van der Waals surface area contributed by atoms with Gasteiger partial charge in [0.15, 0.2) is 0 Å². The second kappa shape index (κ2) is 10.4. The molecule has 2 atom stereocenters. The van der Waals surface area contributed by atoms with E-state index in [2.05, 4.69) is 22.8 Å². The molecule has 184 valence electrons. The Morgan fingerprint density at radius 3 is 2.53 bits per heavy atom. The second-order valence-electron chi connectivity index (χ2n) is 9.56. The first kappa shape index (κ1) is 24.5. The number of carbonyl (C=O) groups excluding carboxylic acids is 1. The molecule has 1 aliphatic heterocycles. The Labute approximate surface area is 203 Å². The predicted molar refractivity (Wildman–Crippen MR) is 137 cm³/mol. The third-order valence-electron chi connectivity index (χ3n) is 6.85. The predicted octanol–water partition coefficient (Wildman–Crippen LogP) is 3.92. The van der Waals surface area contributed by atoms with Crippen LogP contribution in [0, 0.1) is 0 Å². The number of nitrogens with one attached hydrogen (secondary N) is 2. The van der Waals surface area contributed by atoms with Gasteiger partial charge in [-0.2, -0.15) is 4.31 Å². The largest absolute Gasteiger partial charge is 0.376 e. The van der Waals surface area contributed by atoms with Crippen molar-refractivity contribution in [3.05, 3.63) is 53.6 Å². The van der Waals surface area contributed by atoms with Crippen molar-refractivity contribution in [3.63, 3.8) is 0 Å². The number of anilines is 2. The third-order valence-corrected chi connectivity index (χ3v) is 8.75. The number of benzene rings is 2. The summed E-state index contributed by atoms with van der Waals surface area (Å²) in [7, 11) is 0.247. The highest BCUT2D eigenvalue weighted by molar-refractivity contribution is 7.89. The fourth-order valence-corrected chi connectivity index (χ4v) is 6.48. The number of fused-ring (bicyclic) bond motifs is 1. The summed E-state index contributed by atoms with van der Waals surface area (Å²) in [6, 6.07) is 12.9. The first-order valence-electron chi connectivity index (χ1n) is 12.2. The van der Waals surface area contributed by atoms with E-state index in [9.17, 15) is 13.2 Å². The zero-order valence-electron chi connectivity index (χ0n) is 20.4. The lowest BCUT2D eigenvalue weighted by Crippen LogP contribution is -2.40. The SMILES string of the molecule is C[C@@H](Nc1cc(S(=O)(=O)N2CCCCC2)ccc1N(C)C)C(=O)N[C@@H]1CCCc2ccccc21. The number of sulfonamides is 1. The minimum absolute atomic E-state index is 0.000771. The number of carbonyl (C=O) groups is 1. The molecule has 1 heterocycles. The number of hydrogen-bond donors (Lipinski definition) is 2. The Balaban J connectivity index is 1.53. The van der Waals surface area contributed by atoms with Crippen LogP contribution in [0.3, 0.4) is 0 Å². The molecule has 2 aromatic carbocycles. The Bertz CT molecular complexity index is 1130. The number of hydrogen-bond acceptors (Lipinski definition) is 5. The number of piperidine rings is 1. The second-order valence-corrected chi connectivity index (χ2v) is 11.5. The van der Waals surface area contributed by atoms with Crippen molar-refractivity contribution in [2.24, 2.45) is 0 Å². The zero-order chi connectivity index (χ0) is 24.3. The Morgan fingerprint density at radius 2 is 1.79 bits per heavy atom. The summed E-state index contributed by atoms with van der Waals surface area (Å²) >= 11 is 0. The van der Waals surface area contributed by atoms with E-state index < -0.39 is 16.1 Å². The molecule has 1 fully saturated rings. The maximum atomic E-state index is 13.2. The quantitative estimate of drug-likeness (QED) is 0.623. The van der Waals surface area contributed by atoms with Crippen molar-refractivity contribution in [1.29, 1.82) is 0 Å². The van der Waals surface area contributed by atoms with Crippen LogP contribution in [-0.4, -0.2) is 51.9 Å². The molecular weight excluding hydrogens is 448 g/mol. The molecule has 34 heavy (non-hydrogen) atoms. The summed E-state index contributed by atoms with van der Waals surface area (Å²) in [5, 5.41) is 6.48. The molecule has 7 nitrogen and oxygen atoms in total. The van der Waals surface area contributed by atoms with Crippen molar-refractivity contribution in [3.8, 4) is 0 Å². The van der Waals surface area contributed by atoms with Gasteiger partial charge in [-0.1, -0.05) is 30.7 Å². The summed E-state index contributed by atoms with van der Waals surface area (Å²) in [5.74, 6) is -0.101. The topological polar surface area (TPSA) is 81.8 Å². The Hall–Kier alpha value is -2.58. The van der Waals surface area contributed by atoms with Gasteiger partial charge in [0.1, 0.15) is 6.04 Å². The normalized spacial score (nSPS) is 19.7. The highest BCUT2D eigenvalue weighted by Gasteiger charge is 2.28. The lowest BCUT2D eigenvalue weighted by atomic mass is 9.87. The van der Waals surface area contributed by atoms with Crippen LogP contribution >= 0.6 is 0 Å². The van der Waals surface area contributed by atoms with Crippen LogP contribution in [0.25, 0.3) is 0 Å². The molecule has 2 aromatic rings. The van der Waals surface area contributed by atoms with Crippen LogP contribution in [0.15, 0.2) is 47.4 Å². The Morgan fingerprint density at radius 1 is 1.06 bits per heavy atom. The van der Waals surface area contributed by atoms with Crippen LogP contribution in [0.4, 0.5) is 11.4 Å². The van der Waals surface area contributed by atoms with Gasteiger partial charge < -0.3 is 15.5 Å². The van der Waals surface area contributed by atoms with Crippen molar-refractivity contribution in [2.45, 2.75) is 62.4 Å². The molecule has 0 spiro atoms. The summed E-state index contributed by atoms with van der Waals surface area (Å²) in [4.78, 5) is 15.3. The van der Waals surface area contributed by atoms with Gasteiger partial charge in [0.2, 0.25) is 15.9 Å². The molecule has 8 heteroatoms. The zero-order valence-corrected chi connectivity index (χ0v) is 21.2. The van der Waals surface area contributed by atoms with E-state index in [1.165, 1.54) is 11.1 Å². The third kappa shape index (κ3) is 5.23. The van der Waals surface area contributed by atoms with Gasteiger partial charge in [-0.3, -0.25) is 4.79 Å². The van der Waals surface area contributed by atoms with Crippen LogP contribution in [0.2, 0.25) is 0 Å². The van der Waals surface area contributed by atoms with E-state index in [0.29, 0.717) is 18.8 Å². The van der Waals surface area contributed by atoms with Gasteiger partial charge >= 0.3 is 0 Å². The maximum Gasteiger partial charge on any atom is 0.243 e. The molecule has 0 unspecified atom stereocenters. The molecule has 1 aliphatic carbocycles. The van der Waals surface area contributed by atoms with E-state index >= 15 is 0 Å². The monoisotopic (exact) mass is 484 g/mol. The van der Waals surface area contributed by atoms with Crippen LogP contribution < -0.4 is 15.5 Å². The van der Waals surface area contributed by atoms with Gasteiger partial charge in [0, 0.05) is 27.2 Å². The van der Waals surface area contributed by atoms with Crippen LogP contribution in [0.5, 0.6) is 0 Å². The smallest absolute Gasteiger partial charge is 0.243 e. The number of nitrogens with zero attached hydrogens (tertiary/aromatic N) is 2. The summed E-state index contributed by atoms with van der Waals surface area (Å²) in [6.45, 7) is 2.93. The molecule has 0 aromatic heterocycles. The summed E-state index contributed by atoms with van der Waals surface area (Å²) in [6.07, 6.45) is 5.85. The summed E-state index contributed by atoms with van der Waals surface area (Å²) in [5.41, 5.74) is 3.96. The molecular formula is C26H36N4O3S. The van der Waals surface area contributed by atoms with E-state index in [-0.39, 0.29) is 16.8 Å². The van der Waals surface area contributed by atoms with Crippen LogP contribution in [0.1, 0.15) is 56.2 Å². The van der Waals surface area contributed by atoms with E-state index in [1.54, 1.807) is 22.5 Å². The van der Waals surface area contributed by atoms with Gasteiger partial charge in [-0.25, -0.2) is 8.42 Å². The molecule has 1 amide bonds.